The van der Waals surface area contributed by atoms with Crippen molar-refractivity contribution in [3.8, 4) is 0 Å². The Bertz CT molecular complexity index is 551. The first-order chi connectivity index (χ1) is 12.6. The first kappa shape index (κ1) is 20.4. The smallest absolute Gasteiger partial charge is 0.323 e. The molecule has 0 saturated carbocycles. The van der Waals surface area contributed by atoms with Gasteiger partial charge in [-0.25, -0.2) is 0 Å². The number of carbonyl (C=O) groups is 2. The largest absolute Gasteiger partial charge is 0.465 e. The number of nitrogens with zero attached hydrogens (tertiary/aromatic N) is 1. The minimum absolute atomic E-state index is 0.229. The third-order valence-electron chi connectivity index (χ3n) is 4.64. The molecule has 0 aliphatic carbocycles. The van der Waals surface area contributed by atoms with E-state index in [0.717, 1.165) is 18.7 Å². The van der Waals surface area contributed by atoms with Crippen molar-refractivity contribution in [2.45, 2.75) is 26.7 Å². The summed E-state index contributed by atoms with van der Waals surface area (Å²) in [7, 11) is 0. The minimum atomic E-state index is -1.33. The molecule has 6 nitrogen and oxygen atoms in total. The molecule has 0 aromatic heterocycles. The van der Waals surface area contributed by atoms with Gasteiger partial charge in [-0.05, 0) is 32.3 Å². The van der Waals surface area contributed by atoms with Gasteiger partial charge in [-0.2, -0.15) is 0 Å². The van der Waals surface area contributed by atoms with E-state index in [1.165, 1.54) is 0 Å². The lowest BCUT2D eigenvalue weighted by Gasteiger charge is -2.33. The van der Waals surface area contributed by atoms with Crippen molar-refractivity contribution in [1.29, 1.82) is 0 Å². The zero-order valence-electron chi connectivity index (χ0n) is 15.7. The monoisotopic (exact) mass is 363 g/mol. The van der Waals surface area contributed by atoms with Gasteiger partial charge in [0, 0.05) is 19.6 Å². The van der Waals surface area contributed by atoms with Crippen molar-refractivity contribution < 1.29 is 23.8 Å². The molecule has 0 amide bonds. The van der Waals surface area contributed by atoms with E-state index in [2.05, 4.69) is 4.90 Å². The Kier molecular flexibility index (Phi) is 8.06. The fraction of sp³-hybridized carbons (Fsp3) is 0.600. The quantitative estimate of drug-likeness (QED) is 0.494. The lowest BCUT2D eigenvalue weighted by molar-refractivity contribution is -0.173. The van der Waals surface area contributed by atoms with Crippen LogP contribution >= 0.6 is 0 Å². The Morgan fingerprint density at radius 2 is 1.62 bits per heavy atom. The number of hydrogen-bond acceptors (Lipinski definition) is 6. The van der Waals surface area contributed by atoms with Gasteiger partial charge in [0.05, 0.1) is 26.4 Å². The van der Waals surface area contributed by atoms with Crippen LogP contribution in [0.2, 0.25) is 0 Å². The molecule has 1 aliphatic rings. The Balaban J connectivity index is 2.27. The lowest BCUT2D eigenvalue weighted by atomic mass is 9.78. The van der Waals surface area contributed by atoms with E-state index >= 15 is 0 Å². The number of ether oxygens (including phenoxy) is 3. The molecule has 0 radical (unpaired) electrons. The van der Waals surface area contributed by atoms with E-state index < -0.39 is 17.4 Å². The predicted octanol–water partition coefficient (Wildman–Crippen LogP) is 2.06. The molecule has 0 unspecified atom stereocenters. The van der Waals surface area contributed by atoms with Crippen LogP contribution in [-0.2, 0) is 30.2 Å². The van der Waals surface area contributed by atoms with Crippen LogP contribution in [0.15, 0.2) is 30.3 Å². The van der Waals surface area contributed by atoms with Crippen LogP contribution in [0.25, 0.3) is 0 Å². The molecule has 1 fully saturated rings. The highest BCUT2D eigenvalue weighted by atomic mass is 16.6. The van der Waals surface area contributed by atoms with E-state index in [1.807, 2.05) is 30.3 Å². The van der Waals surface area contributed by atoms with Crippen LogP contribution in [0.1, 0.15) is 25.8 Å². The summed E-state index contributed by atoms with van der Waals surface area (Å²) in [6.45, 7) is 7.51. The standard InChI is InChI=1S/C20H29NO5/c1-3-25-18(22)20(19(23)26-4-2,16-17-8-6-5-7-9-17)10-11-21-12-14-24-15-13-21/h5-9H,3-4,10-16H2,1-2H3. The second kappa shape index (κ2) is 10.3. The Labute approximate surface area is 155 Å². The van der Waals surface area contributed by atoms with Gasteiger partial charge in [0.2, 0.25) is 0 Å². The summed E-state index contributed by atoms with van der Waals surface area (Å²) in [5.74, 6) is -1.01. The molecular formula is C20H29NO5. The van der Waals surface area contributed by atoms with Crippen LogP contribution in [-0.4, -0.2) is 62.9 Å². The second-order valence-corrected chi connectivity index (χ2v) is 6.39. The fourth-order valence-corrected chi connectivity index (χ4v) is 3.18. The maximum atomic E-state index is 12.9. The second-order valence-electron chi connectivity index (χ2n) is 6.39. The molecule has 144 valence electrons. The van der Waals surface area contributed by atoms with Crippen LogP contribution in [0.5, 0.6) is 0 Å². The SMILES string of the molecule is CCOC(=O)C(CCN1CCOCC1)(Cc1ccccc1)C(=O)OCC. The number of morpholine rings is 1. The highest BCUT2D eigenvalue weighted by Gasteiger charge is 2.48. The van der Waals surface area contributed by atoms with Gasteiger partial charge in [-0.15, -0.1) is 0 Å². The minimum Gasteiger partial charge on any atom is -0.465 e. The Morgan fingerprint density at radius 1 is 1.04 bits per heavy atom. The van der Waals surface area contributed by atoms with E-state index in [0.29, 0.717) is 26.2 Å². The molecular weight excluding hydrogens is 334 g/mol. The van der Waals surface area contributed by atoms with Crippen LogP contribution < -0.4 is 0 Å². The highest BCUT2D eigenvalue weighted by molar-refractivity contribution is 6.00. The van der Waals surface area contributed by atoms with Crippen molar-refractivity contribution in [3.63, 3.8) is 0 Å². The zero-order valence-corrected chi connectivity index (χ0v) is 15.7. The van der Waals surface area contributed by atoms with Crippen LogP contribution in [0, 0.1) is 5.41 Å². The molecule has 1 aliphatic heterocycles. The van der Waals surface area contributed by atoms with Crippen molar-refractivity contribution >= 4 is 11.9 Å². The summed E-state index contributed by atoms with van der Waals surface area (Å²) in [5, 5.41) is 0. The van der Waals surface area contributed by atoms with Gasteiger partial charge in [-0.1, -0.05) is 30.3 Å². The van der Waals surface area contributed by atoms with E-state index in [4.69, 9.17) is 14.2 Å². The molecule has 6 heteroatoms. The average molecular weight is 363 g/mol. The van der Waals surface area contributed by atoms with E-state index in [9.17, 15) is 9.59 Å². The average Bonchev–Trinajstić information content (AvgIpc) is 2.67. The zero-order chi connectivity index (χ0) is 18.8. The fourth-order valence-electron chi connectivity index (χ4n) is 3.18. The topological polar surface area (TPSA) is 65.1 Å². The van der Waals surface area contributed by atoms with Gasteiger partial charge >= 0.3 is 11.9 Å². The highest BCUT2D eigenvalue weighted by Crippen LogP contribution is 2.32. The summed E-state index contributed by atoms with van der Waals surface area (Å²) < 4.78 is 16.0. The van der Waals surface area contributed by atoms with E-state index in [-0.39, 0.29) is 19.6 Å². The van der Waals surface area contributed by atoms with Crippen LogP contribution in [0.4, 0.5) is 0 Å². The molecule has 0 bridgehead atoms. The molecule has 1 aromatic carbocycles. The van der Waals surface area contributed by atoms with Gasteiger partial charge in [0.15, 0.2) is 5.41 Å². The summed E-state index contributed by atoms with van der Waals surface area (Å²) in [5.41, 5.74) is -0.415. The third-order valence-corrected chi connectivity index (χ3v) is 4.64. The van der Waals surface area contributed by atoms with Crippen molar-refractivity contribution in [2.75, 3.05) is 46.1 Å². The number of hydrogen-bond donors (Lipinski definition) is 0. The van der Waals surface area contributed by atoms with Crippen LogP contribution in [0.3, 0.4) is 0 Å². The molecule has 1 heterocycles. The molecule has 2 rings (SSSR count). The lowest BCUT2D eigenvalue weighted by Crippen LogP contribution is -2.47. The maximum absolute atomic E-state index is 12.9. The summed E-state index contributed by atoms with van der Waals surface area (Å²) in [6, 6.07) is 9.55. The number of rotatable bonds is 9. The third kappa shape index (κ3) is 5.29. The molecule has 1 aromatic rings. The molecule has 0 spiro atoms. The maximum Gasteiger partial charge on any atom is 0.323 e. The summed E-state index contributed by atoms with van der Waals surface area (Å²) in [4.78, 5) is 28.0. The number of esters is 2. The number of benzene rings is 1. The normalized spacial score (nSPS) is 15.5. The molecule has 0 atom stereocenters. The number of carbonyl (C=O) groups excluding carboxylic acids is 2. The predicted molar refractivity (Wildman–Crippen MR) is 97.7 cm³/mol. The van der Waals surface area contributed by atoms with Gasteiger partial charge in [-0.3, -0.25) is 14.5 Å². The Morgan fingerprint density at radius 3 is 2.15 bits per heavy atom. The van der Waals surface area contributed by atoms with Gasteiger partial charge in [0.1, 0.15) is 0 Å². The van der Waals surface area contributed by atoms with Crippen molar-refractivity contribution in [1.82, 2.24) is 4.90 Å². The van der Waals surface area contributed by atoms with Gasteiger partial charge in [0.25, 0.3) is 0 Å². The van der Waals surface area contributed by atoms with Crippen molar-refractivity contribution in [2.24, 2.45) is 5.41 Å². The summed E-state index contributed by atoms with van der Waals surface area (Å²) in [6.07, 6.45) is 0.634. The first-order valence-corrected chi connectivity index (χ1v) is 9.31. The molecule has 26 heavy (non-hydrogen) atoms. The molecule has 1 saturated heterocycles. The Hall–Kier alpha value is -1.92. The van der Waals surface area contributed by atoms with E-state index in [1.54, 1.807) is 13.8 Å². The summed E-state index contributed by atoms with van der Waals surface area (Å²) >= 11 is 0. The van der Waals surface area contributed by atoms with Gasteiger partial charge < -0.3 is 14.2 Å². The first-order valence-electron chi connectivity index (χ1n) is 9.31. The van der Waals surface area contributed by atoms with Crippen molar-refractivity contribution in [3.05, 3.63) is 35.9 Å². The molecule has 0 N–H and O–H groups in total.